The van der Waals surface area contributed by atoms with Crippen molar-refractivity contribution in [3.05, 3.63) is 95.1 Å². The van der Waals surface area contributed by atoms with Gasteiger partial charge >= 0.3 is 0 Å². The lowest BCUT2D eigenvalue weighted by molar-refractivity contribution is -0.132. The van der Waals surface area contributed by atoms with E-state index in [0.717, 1.165) is 31.2 Å². The van der Waals surface area contributed by atoms with Crippen LogP contribution in [0.15, 0.2) is 67.3 Å². The van der Waals surface area contributed by atoms with Crippen LogP contribution in [0, 0.1) is 5.41 Å². The van der Waals surface area contributed by atoms with E-state index in [0.29, 0.717) is 11.1 Å². The summed E-state index contributed by atoms with van der Waals surface area (Å²) < 4.78 is 0. The Morgan fingerprint density at radius 3 is 2.62 bits per heavy atom. The average molecular weight is 497 g/mol. The molecule has 2 aromatic carbocycles. The van der Waals surface area contributed by atoms with Crippen molar-refractivity contribution >= 4 is 17.8 Å². The van der Waals surface area contributed by atoms with Crippen LogP contribution in [0.3, 0.4) is 0 Å². The number of carbonyl (C=O) groups excluding carboxylic acids is 2. The van der Waals surface area contributed by atoms with Crippen molar-refractivity contribution in [3.63, 3.8) is 0 Å². The molecule has 2 heterocycles. The molecule has 1 saturated heterocycles. The molecule has 2 aliphatic rings. The highest BCUT2D eigenvalue weighted by Crippen LogP contribution is 2.35. The summed E-state index contributed by atoms with van der Waals surface area (Å²) in [5, 5.41) is 15.3. The molecule has 5 rings (SSSR count). The summed E-state index contributed by atoms with van der Waals surface area (Å²) in [7, 11) is 0. The van der Waals surface area contributed by atoms with Crippen LogP contribution < -0.4 is 10.6 Å². The predicted octanol–water partition coefficient (Wildman–Crippen LogP) is 4.30. The topological polar surface area (TPSA) is 111 Å². The fourth-order valence-electron chi connectivity index (χ4n) is 5.55. The number of amides is 2. The van der Waals surface area contributed by atoms with E-state index in [-0.39, 0.29) is 30.2 Å². The largest absolute Gasteiger partial charge is 0.350 e. The first-order valence-electron chi connectivity index (χ1n) is 12.9. The van der Waals surface area contributed by atoms with Gasteiger partial charge in [-0.05, 0) is 54.5 Å². The van der Waals surface area contributed by atoms with Crippen LogP contribution in [0.5, 0.6) is 0 Å². The number of fused-ring (bicyclic) bond motifs is 1. The minimum atomic E-state index is -0.639. The quantitative estimate of drug-likeness (QED) is 0.452. The van der Waals surface area contributed by atoms with E-state index < -0.39 is 11.6 Å². The smallest absolute Gasteiger partial charge is 0.251 e. The first kappa shape index (κ1) is 24.6. The van der Waals surface area contributed by atoms with Crippen LogP contribution in [-0.4, -0.2) is 38.2 Å². The van der Waals surface area contributed by atoms with Gasteiger partial charge in [0.2, 0.25) is 5.91 Å². The van der Waals surface area contributed by atoms with E-state index in [1.54, 1.807) is 24.5 Å². The van der Waals surface area contributed by atoms with E-state index in [2.05, 4.69) is 32.7 Å². The van der Waals surface area contributed by atoms with Crippen LogP contribution in [0.1, 0.15) is 84.2 Å². The Kier molecular flexibility index (Phi) is 6.74. The maximum absolute atomic E-state index is 13.5. The van der Waals surface area contributed by atoms with E-state index in [4.69, 9.17) is 5.41 Å². The number of hydrogen-bond acceptors (Lipinski definition) is 5. The van der Waals surface area contributed by atoms with Crippen molar-refractivity contribution in [2.24, 2.45) is 0 Å². The molecule has 190 valence electrons. The third-order valence-electron chi connectivity index (χ3n) is 7.79. The van der Waals surface area contributed by atoms with Crippen molar-refractivity contribution in [1.82, 2.24) is 25.5 Å². The molecule has 0 spiro atoms. The van der Waals surface area contributed by atoms with Gasteiger partial charge in [-0.1, -0.05) is 50.2 Å². The van der Waals surface area contributed by atoms with E-state index >= 15 is 0 Å². The molecule has 1 aliphatic carbocycles. The van der Waals surface area contributed by atoms with Crippen LogP contribution >= 0.6 is 0 Å². The molecule has 0 unspecified atom stereocenters. The second kappa shape index (κ2) is 10.1. The van der Waals surface area contributed by atoms with Gasteiger partial charge in [0, 0.05) is 29.1 Å². The third kappa shape index (κ3) is 4.71. The number of aromatic nitrogens is 2. The van der Waals surface area contributed by atoms with Crippen LogP contribution in [0.2, 0.25) is 0 Å². The number of rotatable bonds is 7. The minimum absolute atomic E-state index is 0.0251. The van der Waals surface area contributed by atoms with Crippen LogP contribution in [0.4, 0.5) is 0 Å². The molecule has 0 saturated carbocycles. The van der Waals surface area contributed by atoms with Crippen LogP contribution in [0.25, 0.3) is 0 Å². The minimum Gasteiger partial charge on any atom is -0.350 e. The highest BCUT2D eigenvalue weighted by Gasteiger charge is 2.42. The Balaban J connectivity index is 1.46. The maximum atomic E-state index is 13.5. The number of benzene rings is 2. The molecule has 0 bridgehead atoms. The van der Waals surface area contributed by atoms with Gasteiger partial charge in [-0.2, -0.15) is 0 Å². The number of guanidine groups is 1. The summed E-state index contributed by atoms with van der Waals surface area (Å²) in [6.07, 6.45) is 8.33. The fourth-order valence-corrected chi connectivity index (χ4v) is 5.55. The first-order chi connectivity index (χ1) is 17.9. The second-order valence-corrected chi connectivity index (χ2v) is 9.86. The molecule has 37 heavy (non-hydrogen) atoms. The first-order valence-corrected chi connectivity index (χ1v) is 12.9. The lowest BCUT2D eigenvalue weighted by Crippen LogP contribution is -2.62. The number of carbonyl (C=O) groups is 2. The van der Waals surface area contributed by atoms with Gasteiger partial charge in [0.15, 0.2) is 5.96 Å². The maximum Gasteiger partial charge on any atom is 0.251 e. The highest BCUT2D eigenvalue weighted by molar-refractivity contribution is 6.00. The van der Waals surface area contributed by atoms with Gasteiger partial charge < -0.3 is 10.6 Å². The molecular weight excluding hydrogens is 464 g/mol. The molecule has 8 heteroatoms. The fraction of sp³-hybridized carbons (Fsp3) is 0.345. The zero-order valence-corrected chi connectivity index (χ0v) is 21.2. The van der Waals surface area contributed by atoms with Crippen molar-refractivity contribution in [2.45, 2.75) is 63.6 Å². The SMILES string of the molecule is CCC1(CC)CC(=O)N([C@H](c2cncnc2)c2cccc(C(=O)N[C@H]3CCc4ccccc43)c2)C(=N)N1. The molecule has 1 aromatic heterocycles. The molecule has 2 atom stereocenters. The summed E-state index contributed by atoms with van der Waals surface area (Å²) in [6, 6.07) is 14.8. The molecular formula is C29H32N6O2. The van der Waals surface area contributed by atoms with Crippen LogP contribution in [-0.2, 0) is 11.2 Å². The zero-order chi connectivity index (χ0) is 26.0. The van der Waals surface area contributed by atoms with Gasteiger partial charge in [0.05, 0.1) is 18.5 Å². The molecule has 2 amide bonds. The molecule has 1 fully saturated rings. The van der Waals surface area contributed by atoms with Gasteiger partial charge in [-0.15, -0.1) is 0 Å². The predicted molar refractivity (Wildman–Crippen MR) is 141 cm³/mol. The summed E-state index contributed by atoms with van der Waals surface area (Å²) >= 11 is 0. The monoisotopic (exact) mass is 496 g/mol. The Bertz CT molecular complexity index is 1300. The van der Waals surface area contributed by atoms with Gasteiger partial charge in [0.25, 0.3) is 5.91 Å². The standard InChI is InChI=1S/C29H32N6O2/c1-3-29(4-2)15-25(36)35(28(30)34-29)26(22-16-31-18-32-17-22)20-9-7-10-21(14-20)27(37)33-24-13-12-19-8-5-6-11-23(19)24/h5-11,14,16-18,24,26H,3-4,12-13,15H2,1-2H3,(H2,30,34)(H,33,37)/t24-,26-/m0/s1. The summed E-state index contributed by atoms with van der Waals surface area (Å²) in [6.45, 7) is 4.06. The summed E-state index contributed by atoms with van der Waals surface area (Å²) in [5.74, 6) is -0.259. The number of nitrogens with zero attached hydrogens (tertiary/aromatic N) is 3. The summed E-state index contributed by atoms with van der Waals surface area (Å²) in [5.41, 5.74) is 3.90. The van der Waals surface area contributed by atoms with Gasteiger partial charge in [-0.3, -0.25) is 19.9 Å². The molecule has 0 radical (unpaired) electrons. The lowest BCUT2D eigenvalue weighted by atomic mass is 9.85. The van der Waals surface area contributed by atoms with Crippen molar-refractivity contribution < 1.29 is 9.59 Å². The third-order valence-corrected chi connectivity index (χ3v) is 7.79. The van der Waals surface area contributed by atoms with Crippen molar-refractivity contribution in [3.8, 4) is 0 Å². The lowest BCUT2D eigenvalue weighted by Gasteiger charge is -2.44. The van der Waals surface area contributed by atoms with E-state index in [1.165, 1.54) is 22.4 Å². The Morgan fingerprint density at radius 1 is 1.14 bits per heavy atom. The van der Waals surface area contributed by atoms with Crippen molar-refractivity contribution in [2.75, 3.05) is 0 Å². The normalized spacial score (nSPS) is 19.2. The Hall–Kier alpha value is -4.07. The highest BCUT2D eigenvalue weighted by atomic mass is 16.2. The van der Waals surface area contributed by atoms with Gasteiger partial charge in [-0.25, -0.2) is 9.97 Å². The molecule has 1 aliphatic heterocycles. The van der Waals surface area contributed by atoms with E-state index in [1.807, 2.05) is 38.1 Å². The Morgan fingerprint density at radius 2 is 1.89 bits per heavy atom. The molecule has 3 N–H and O–H groups in total. The number of hydrogen-bond donors (Lipinski definition) is 3. The summed E-state index contributed by atoms with van der Waals surface area (Å²) in [4.78, 5) is 36.6. The average Bonchev–Trinajstić information content (AvgIpc) is 3.33. The van der Waals surface area contributed by atoms with Crippen molar-refractivity contribution in [1.29, 1.82) is 5.41 Å². The Labute approximate surface area is 217 Å². The van der Waals surface area contributed by atoms with E-state index in [9.17, 15) is 9.59 Å². The zero-order valence-electron chi connectivity index (χ0n) is 21.2. The number of aryl methyl sites for hydroxylation is 1. The molecule has 8 nitrogen and oxygen atoms in total. The second-order valence-electron chi connectivity index (χ2n) is 9.86. The number of nitrogens with one attached hydrogen (secondary N) is 3. The van der Waals surface area contributed by atoms with Gasteiger partial charge in [0.1, 0.15) is 6.33 Å². The molecule has 3 aromatic rings.